The molecule has 0 bridgehead atoms. The first-order valence-electron chi connectivity index (χ1n) is 5.63. The second kappa shape index (κ2) is 5.70. The molecule has 0 aliphatic carbocycles. The maximum absolute atomic E-state index is 11.3. The highest BCUT2D eigenvalue weighted by Crippen LogP contribution is 2.32. The first-order valence-corrected chi connectivity index (χ1v) is 5.63. The van der Waals surface area contributed by atoms with Crippen LogP contribution in [-0.4, -0.2) is 10.8 Å². The van der Waals surface area contributed by atoms with Crippen LogP contribution in [0.15, 0.2) is 58.8 Å². The Hall–Kier alpha value is -3.09. The van der Waals surface area contributed by atoms with E-state index < -0.39 is 10.8 Å². The average Bonchev–Trinajstić information content (AvgIpc) is 2.45. The van der Waals surface area contributed by atoms with E-state index in [1.807, 2.05) is 0 Å². The molecular formula is C13H10N4O3. The lowest BCUT2D eigenvalue weighted by Crippen LogP contribution is -2.11. The van der Waals surface area contributed by atoms with Gasteiger partial charge in [0.05, 0.1) is 16.2 Å². The summed E-state index contributed by atoms with van der Waals surface area (Å²) in [4.78, 5) is 21.6. The number of hydrogen-bond acceptors (Lipinski definition) is 5. The number of primary amides is 1. The molecule has 2 N–H and O–H groups in total. The minimum absolute atomic E-state index is 0.0427. The molecule has 0 aromatic heterocycles. The van der Waals surface area contributed by atoms with Gasteiger partial charge < -0.3 is 5.73 Å². The van der Waals surface area contributed by atoms with E-state index in [0.717, 1.165) is 0 Å². The molecule has 0 saturated heterocycles. The fourth-order valence-corrected chi connectivity index (χ4v) is 1.58. The SMILES string of the molecule is NC(=O)c1cccc([N+](=O)[O-])c1N=Nc1ccccc1. The number of nitrogens with two attached hydrogens (primary N) is 1. The first-order chi connectivity index (χ1) is 9.59. The van der Waals surface area contributed by atoms with Crippen LogP contribution in [0.5, 0.6) is 0 Å². The third kappa shape index (κ3) is 2.83. The maximum Gasteiger partial charge on any atom is 0.297 e. The van der Waals surface area contributed by atoms with Crippen molar-refractivity contribution in [3.8, 4) is 0 Å². The monoisotopic (exact) mass is 270 g/mol. The molecule has 0 saturated carbocycles. The fourth-order valence-electron chi connectivity index (χ4n) is 1.58. The molecule has 0 fully saturated rings. The molecule has 0 radical (unpaired) electrons. The molecule has 0 heterocycles. The quantitative estimate of drug-likeness (QED) is 0.523. The van der Waals surface area contributed by atoms with E-state index in [9.17, 15) is 14.9 Å². The summed E-state index contributed by atoms with van der Waals surface area (Å²) < 4.78 is 0. The minimum atomic E-state index is -0.796. The van der Waals surface area contributed by atoms with Crippen molar-refractivity contribution >= 4 is 23.0 Å². The Kier molecular flexibility index (Phi) is 3.80. The molecular weight excluding hydrogens is 260 g/mol. The Morgan fingerprint density at radius 1 is 1.05 bits per heavy atom. The summed E-state index contributed by atoms with van der Waals surface area (Å²) >= 11 is 0. The summed E-state index contributed by atoms with van der Waals surface area (Å²) in [7, 11) is 0. The van der Waals surface area contributed by atoms with Gasteiger partial charge in [0.1, 0.15) is 0 Å². The number of rotatable bonds is 4. The van der Waals surface area contributed by atoms with Gasteiger partial charge in [0, 0.05) is 6.07 Å². The van der Waals surface area contributed by atoms with E-state index in [0.29, 0.717) is 5.69 Å². The van der Waals surface area contributed by atoms with Crippen LogP contribution in [0.3, 0.4) is 0 Å². The van der Waals surface area contributed by atoms with E-state index in [1.54, 1.807) is 30.3 Å². The normalized spacial score (nSPS) is 10.6. The van der Waals surface area contributed by atoms with Crippen LogP contribution >= 0.6 is 0 Å². The van der Waals surface area contributed by atoms with Crippen molar-refractivity contribution in [1.29, 1.82) is 0 Å². The number of hydrogen-bond donors (Lipinski definition) is 1. The van der Waals surface area contributed by atoms with Crippen molar-refractivity contribution in [3.63, 3.8) is 0 Å². The standard InChI is InChI=1S/C13H10N4O3/c14-13(18)10-7-4-8-11(17(19)20)12(10)16-15-9-5-2-1-3-6-9/h1-8H,(H2,14,18). The number of amides is 1. The molecule has 0 aliphatic rings. The predicted molar refractivity (Wildman–Crippen MR) is 72.2 cm³/mol. The highest BCUT2D eigenvalue weighted by atomic mass is 16.6. The molecule has 2 aromatic rings. The van der Waals surface area contributed by atoms with Gasteiger partial charge >= 0.3 is 0 Å². The fraction of sp³-hybridized carbons (Fsp3) is 0. The van der Waals surface area contributed by atoms with Crippen molar-refractivity contribution in [3.05, 3.63) is 64.2 Å². The van der Waals surface area contributed by atoms with Crippen LogP contribution in [0.4, 0.5) is 17.1 Å². The summed E-state index contributed by atoms with van der Waals surface area (Å²) in [6.07, 6.45) is 0. The third-order valence-corrected chi connectivity index (χ3v) is 2.50. The zero-order valence-electron chi connectivity index (χ0n) is 10.3. The maximum atomic E-state index is 11.3. The van der Waals surface area contributed by atoms with E-state index in [4.69, 9.17) is 5.73 Å². The summed E-state index contributed by atoms with van der Waals surface area (Å²) in [6.45, 7) is 0. The third-order valence-electron chi connectivity index (χ3n) is 2.50. The smallest absolute Gasteiger partial charge is 0.297 e. The zero-order chi connectivity index (χ0) is 14.5. The number of nitro groups is 1. The van der Waals surface area contributed by atoms with E-state index in [2.05, 4.69) is 10.2 Å². The molecule has 0 aliphatic heterocycles. The number of nitro benzene ring substituents is 1. The Labute approximate surface area is 113 Å². The van der Waals surface area contributed by atoms with Crippen LogP contribution in [0.25, 0.3) is 0 Å². The molecule has 100 valence electrons. The largest absolute Gasteiger partial charge is 0.366 e. The van der Waals surface area contributed by atoms with E-state index in [1.165, 1.54) is 18.2 Å². The second-order valence-electron chi connectivity index (χ2n) is 3.83. The summed E-state index contributed by atoms with van der Waals surface area (Å²) in [6, 6.07) is 12.7. The summed E-state index contributed by atoms with van der Waals surface area (Å²) in [5, 5.41) is 18.6. The van der Waals surface area contributed by atoms with Gasteiger partial charge in [-0.2, -0.15) is 5.11 Å². The minimum Gasteiger partial charge on any atom is -0.366 e. The van der Waals surface area contributed by atoms with Crippen LogP contribution < -0.4 is 5.73 Å². The van der Waals surface area contributed by atoms with Crippen molar-refractivity contribution in [2.75, 3.05) is 0 Å². The van der Waals surface area contributed by atoms with Crippen molar-refractivity contribution in [2.24, 2.45) is 16.0 Å². The van der Waals surface area contributed by atoms with Gasteiger partial charge in [-0.3, -0.25) is 14.9 Å². The van der Waals surface area contributed by atoms with Crippen molar-refractivity contribution in [2.45, 2.75) is 0 Å². The van der Waals surface area contributed by atoms with Gasteiger partial charge in [-0.25, -0.2) is 0 Å². The van der Waals surface area contributed by atoms with E-state index >= 15 is 0 Å². The van der Waals surface area contributed by atoms with Crippen LogP contribution in [-0.2, 0) is 0 Å². The molecule has 0 unspecified atom stereocenters. The topological polar surface area (TPSA) is 111 Å². The summed E-state index contributed by atoms with van der Waals surface area (Å²) in [5.41, 5.74) is 5.20. The Morgan fingerprint density at radius 3 is 2.35 bits per heavy atom. The molecule has 7 nitrogen and oxygen atoms in total. The van der Waals surface area contributed by atoms with E-state index in [-0.39, 0.29) is 16.9 Å². The van der Waals surface area contributed by atoms with Gasteiger partial charge in [-0.15, -0.1) is 5.11 Å². The first kappa shape index (κ1) is 13.3. The van der Waals surface area contributed by atoms with Gasteiger partial charge in [0.25, 0.3) is 11.6 Å². The average molecular weight is 270 g/mol. The van der Waals surface area contributed by atoms with Gasteiger partial charge in [0.15, 0.2) is 5.69 Å². The molecule has 0 spiro atoms. The lowest BCUT2D eigenvalue weighted by Gasteiger charge is -2.01. The Morgan fingerprint density at radius 2 is 1.75 bits per heavy atom. The number of carbonyl (C=O) groups is 1. The molecule has 0 atom stereocenters. The molecule has 7 heteroatoms. The zero-order valence-corrected chi connectivity index (χ0v) is 10.3. The van der Waals surface area contributed by atoms with Crippen molar-refractivity contribution in [1.82, 2.24) is 0 Å². The Balaban J connectivity index is 2.51. The number of nitrogens with zero attached hydrogens (tertiary/aromatic N) is 3. The van der Waals surface area contributed by atoms with Gasteiger partial charge in [-0.1, -0.05) is 24.3 Å². The lowest BCUT2D eigenvalue weighted by molar-refractivity contribution is -0.384. The number of azo groups is 1. The second-order valence-corrected chi connectivity index (χ2v) is 3.83. The van der Waals surface area contributed by atoms with Crippen molar-refractivity contribution < 1.29 is 9.72 Å². The van der Waals surface area contributed by atoms with Crippen LogP contribution in [0, 0.1) is 10.1 Å². The Bertz CT molecular complexity index is 651. The molecule has 1 amide bonds. The number of benzene rings is 2. The van der Waals surface area contributed by atoms with Gasteiger partial charge in [0.2, 0.25) is 0 Å². The highest BCUT2D eigenvalue weighted by molar-refractivity contribution is 5.99. The summed E-state index contributed by atoms with van der Waals surface area (Å²) in [5.74, 6) is -0.796. The predicted octanol–water partition coefficient (Wildman–Crippen LogP) is 3.11. The molecule has 2 aromatic carbocycles. The number of carbonyl (C=O) groups excluding carboxylic acids is 1. The van der Waals surface area contributed by atoms with Crippen LogP contribution in [0.1, 0.15) is 10.4 Å². The highest BCUT2D eigenvalue weighted by Gasteiger charge is 2.20. The lowest BCUT2D eigenvalue weighted by atomic mass is 10.1. The molecule has 2 rings (SSSR count). The van der Waals surface area contributed by atoms with Crippen LogP contribution in [0.2, 0.25) is 0 Å². The van der Waals surface area contributed by atoms with Gasteiger partial charge in [-0.05, 0) is 18.2 Å². The molecule has 20 heavy (non-hydrogen) atoms.